The summed E-state index contributed by atoms with van der Waals surface area (Å²) in [7, 11) is 0. The predicted molar refractivity (Wildman–Crippen MR) is 80.7 cm³/mol. The molecular weight excluding hydrogens is 288 g/mol. The van der Waals surface area contributed by atoms with Crippen molar-refractivity contribution in [2.75, 3.05) is 6.54 Å². The van der Waals surface area contributed by atoms with Crippen molar-refractivity contribution in [1.29, 1.82) is 0 Å². The first-order valence-electron chi connectivity index (χ1n) is 6.65. The lowest BCUT2D eigenvalue weighted by Gasteiger charge is -2.22. The summed E-state index contributed by atoms with van der Waals surface area (Å²) in [5.41, 5.74) is 14.6. The monoisotopic (exact) mass is 308 g/mol. The molecule has 0 spiro atoms. The molecule has 8 nitrogen and oxygen atoms in total. The van der Waals surface area contributed by atoms with E-state index < -0.39 is 17.5 Å². The Hall–Kier alpha value is -2.61. The normalized spacial score (nSPS) is 13.0. The number of ether oxygens (including phenoxy) is 1. The summed E-state index contributed by atoms with van der Waals surface area (Å²) in [6, 6.07) is 8.89. The summed E-state index contributed by atoms with van der Waals surface area (Å²) < 4.78 is 5.00. The van der Waals surface area contributed by atoms with Gasteiger partial charge in [0.1, 0.15) is 6.61 Å². The Bertz CT molecular complexity index is 543. The van der Waals surface area contributed by atoms with E-state index in [1.54, 1.807) is 24.3 Å². The van der Waals surface area contributed by atoms with E-state index >= 15 is 0 Å². The van der Waals surface area contributed by atoms with Crippen molar-refractivity contribution in [3.63, 3.8) is 0 Å². The van der Waals surface area contributed by atoms with Crippen LogP contribution in [0.1, 0.15) is 18.4 Å². The third-order valence-corrected chi connectivity index (χ3v) is 2.98. The van der Waals surface area contributed by atoms with Gasteiger partial charge in [-0.1, -0.05) is 30.3 Å². The number of aliphatic carboxylic acids is 1. The van der Waals surface area contributed by atoms with E-state index in [4.69, 9.17) is 21.9 Å². The molecule has 0 saturated carbocycles. The molecule has 0 amide bonds. The zero-order chi connectivity index (χ0) is 16.6. The lowest BCUT2D eigenvalue weighted by atomic mass is 9.95. The third-order valence-electron chi connectivity index (χ3n) is 2.98. The molecule has 0 radical (unpaired) electrons. The minimum Gasteiger partial charge on any atom is -0.479 e. The van der Waals surface area contributed by atoms with Gasteiger partial charge in [0.2, 0.25) is 5.54 Å². The number of nitrogens with two attached hydrogens (primary N) is 3. The highest BCUT2D eigenvalue weighted by Crippen LogP contribution is 2.14. The quantitative estimate of drug-likeness (QED) is 0.167. The average molecular weight is 308 g/mol. The van der Waals surface area contributed by atoms with Crippen LogP contribution in [-0.4, -0.2) is 35.1 Å². The van der Waals surface area contributed by atoms with Gasteiger partial charge in [0.25, 0.3) is 0 Å². The van der Waals surface area contributed by atoms with Crippen LogP contribution in [0.2, 0.25) is 0 Å². The molecule has 22 heavy (non-hydrogen) atoms. The summed E-state index contributed by atoms with van der Waals surface area (Å²) in [5.74, 6) is -2.55. The number of benzene rings is 1. The summed E-state index contributed by atoms with van der Waals surface area (Å²) >= 11 is 0. The van der Waals surface area contributed by atoms with Crippen molar-refractivity contribution in [1.82, 2.24) is 0 Å². The number of rotatable bonds is 8. The van der Waals surface area contributed by atoms with Crippen molar-refractivity contribution >= 4 is 17.9 Å². The average Bonchev–Trinajstić information content (AvgIpc) is 2.49. The van der Waals surface area contributed by atoms with Crippen LogP contribution < -0.4 is 17.2 Å². The van der Waals surface area contributed by atoms with Crippen LogP contribution in [0.3, 0.4) is 0 Å². The summed E-state index contributed by atoms with van der Waals surface area (Å²) in [5, 5.41) is 9.20. The molecule has 0 saturated heterocycles. The highest BCUT2D eigenvalue weighted by atomic mass is 16.5. The Kier molecular flexibility index (Phi) is 6.33. The van der Waals surface area contributed by atoms with E-state index in [-0.39, 0.29) is 32.0 Å². The van der Waals surface area contributed by atoms with Gasteiger partial charge in [0.15, 0.2) is 5.96 Å². The number of hydrogen-bond donors (Lipinski definition) is 4. The minimum atomic E-state index is -2.12. The number of esters is 1. The zero-order valence-corrected chi connectivity index (χ0v) is 12.1. The molecule has 1 rings (SSSR count). The topological polar surface area (TPSA) is 154 Å². The van der Waals surface area contributed by atoms with Gasteiger partial charge in [0, 0.05) is 6.54 Å². The Morgan fingerprint density at radius 1 is 1.23 bits per heavy atom. The van der Waals surface area contributed by atoms with E-state index in [0.717, 1.165) is 5.56 Å². The zero-order valence-electron chi connectivity index (χ0n) is 12.1. The van der Waals surface area contributed by atoms with E-state index in [0.29, 0.717) is 0 Å². The van der Waals surface area contributed by atoms with Gasteiger partial charge in [-0.25, -0.2) is 9.59 Å². The van der Waals surface area contributed by atoms with Crippen LogP contribution in [0, 0.1) is 0 Å². The minimum absolute atomic E-state index is 0.0419. The van der Waals surface area contributed by atoms with Crippen LogP contribution in [0.25, 0.3) is 0 Å². The van der Waals surface area contributed by atoms with Gasteiger partial charge in [-0.3, -0.25) is 4.99 Å². The molecule has 1 atom stereocenters. The standard InChI is InChI=1S/C14H20N4O4/c15-13(16)18-8-4-7-14(17,11(19)20)12(21)22-9-10-5-2-1-3-6-10/h1-3,5-6H,4,7-9,17H2,(H,19,20)(H4,15,16,18)/t14-/m1/s1. The van der Waals surface area contributed by atoms with Gasteiger partial charge in [-0.2, -0.15) is 0 Å². The molecule has 8 heteroatoms. The highest BCUT2D eigenvalue weighted by Gasteiger charge is 2.43. The summed E-state index contributed by atoms with van der Waals surface area (Å²) in [6.07, 6.45) is 0.105. The lowest BCUT2D eigenvalue weighted by Crippen LogP contribution is -2.55. The fourth-order valence-corrected chi connectivity index (χ4v) is 1.71. The molecule has 1 aromatic carbocycles. The Balaban J connectivity index is 2.62. The SMILES string of the molecule is NC(N)=NCCC[C@@](N)(C(=O)O)C(=O)OCc1ccccc1. The van der Waals surface area contributed by atoms with Crippen molar-refractivity contribution < 1.29 is 19.4 Å². The molecule has 120 valence electrons. The Morgan fingerprint density at radius 3 is 2.41 bits per heavy atom. The van der Waals surface area contributed by atoms with Crippen molar-refractivity contribution in [2.24, 2.45) is 22.2 Å². The van der Waals surface area contributed by atoms with Gasteiger partial charge >= 0.3 is 11.9 Å². The first-order valence-corrected chi connectivity index (χ1v) is 6.65. The number of carbonyl (C=O) groups excluding carboxylic acids is 1. The maximum absolute atomic E-state index is 12.0. The summed E-state index contributed by atoms with van der Waals surface area (Å²) in [4.78, 5) is 27.0. The molecule has 0 aliphatic rings. The fourth-order valence-electron chi connectivity index (χ4n) is 1.71. The van der Waals surface area contributed by atoms with Gasteiger partial charge in [0.05, 0.1) is 0 Å². The second-order valence-electron chi connectivity index (χ2n) is 4.75. The number of carbonyl (C=O) groups is 2. The van der Waals surface area contributed by atoms with Crippen molar-refractivity contribution in [3.8, 4) is 0 Å². The van der Waals surface area contributed by atoms with Gasteiger partial charge in [-0.05, 0) is 18.4 Å². The predicted octanol–water partition coefficient (Wildman–Crippen LogP) is -0.434. The number of carboxylic acid groups (broad SMARTS) is 1. The van der Waals surface area contributed by atoms with Crippen LogP contribution >= 0.6 is 0 Å². The molecule has 0 heterocycles. The van der Waals surface area contributed by atoms with E-state index in [2.05, 4.69) is 4.99 Å². The largest absolute Gasteiger partial charge is 0.479 e. The molecule has 0 bridgehead atoms. The Labute approximate surface area is 127 Å². The fraction of sp³-hybridized carbons (Fsp3) is 0.357. The molecule has 1 aromatic rings. The molecule has 0 aliphatic carbocycles. The maximum Gasteiger partial charge on any atom is 0.338 e. The van der Waals surface area contributed by atoms with Gasteiger partial charge < -0.3 is 27.0 Å². The number of hydrogen-bond acceptors (Lipinski definition) is 5. The molecular formula is C14H20N4O4. The Morgan fingerprint density at radius 2 is 1.86 bits per heavy atom. The molecule has 0 unspecified atom stereocenters. The van der Waals surface area contributed by atoms with Gasteiger partial charge in [-0.15, -0.1) is 0 Å². The second-order valence-corrected chi connectivity index (χ2v) is 4.75. The molecule has 0 aliphatic heterocycles. The van der Waals surface area contributed by atoms with Crippen LogP contribution in [0.15, 0.2) is 35.3 Å². The molecule has 7 N–H and O–H groups in total. The van der Waals surface area contributed by atoms with Crippen LogP contribution in [-0.2, 0) is 20.9 Å². The second kappa shape index (κ2) is 7.99. The number of nitrogens with zero attached hydrogens (tertiary/aromatic N) is 1. The van der Waals surface area contributed by atoms with Crippen LogP contribution in [0.4, 0.5) is 0 Å². The number of guanidine groups is 1. The molecule has 0 aromatic heterocycles. The van der Waals surface area contributed by atoms with Crippen molar-refractivity contribution in [3.05, 3.63) is 35.9 Å². The third kappa shape index (κ3) is 5.06. The first-order chi connectivity index (χ1) is 10.4. The van der Waals surface area contributed by atoms with Crippen molar-refractivity contribution in [2.45, 2.75) is 25.0 Å². The maximum atomic E-state index is 12.0. The number of aliphatic imine (C=N–C) groups is 1. The lowest BCUT2D eigenvalue weighted by molar-refractivity contribution is -0.162. The first kappa shape index (κ1) is 17.4. The van der Waals surface area contributed by atoms with E-state index in [9.17, 15) is 14.7 Å². The molecule has 0 fully saturated rings. The smallest absolute Gasteiger partial charge is 0.338 e. The summed E-state index contributed by atoms with van der Waals surface area (Å²) in [6.45, 7) is 0.139. The van der Waals surface area contributed by atoms with E-state index in [1.807, 2.05) is 6.07 Å². The van der Waals surface area contributed by atoms with E-state index in [1.165, 1.54) is 0 Å². The highest BCUT2D eigenvalue weighted by molar-refractivity contribution is 6.03. The van der Waals surface area contributed by atoms with Crippen LogP contribution in [0.5, 0.6) is 0 Å². The number of carboxylic acids is 1.